The molecule has 1 aliphatic heterocycles. The largest absolute Gasteiger partial charge is 0.316 e. The summed E-state index contributed by atoms with van der Waals surface area (Å²) < 4.78 is 24.8. The van der Waals surface area contributed by atoms with Gasteiger partial charge in [-0.3, -0.25) is 0 Å². The van der Waals surface area contributed by atoms with Crippen molar-refractivity contribution < 1.29 is 8.42 Å². The smallest absolute Gasteiger partial charge is 0.208 e. The summed E-state index contributed by atoms with van der Waals surface area (Å²) in [6.45, 7) is 5.89. The first-order valence-corrected chi connectivity index (χ1v) is 6.38. The zero-order valence-electron chi connectivity index (χ0n) is 8.42. The van der Waals surface area contributed by atoms with Crippen molar-refractivity contribution in [3.8, 4) is 0 Å². The Morgan fingerprint density at radius 1 is 1.46 bits per heavy atom. The molecule has 4 nitrogen and oxygen atoms in total. The van der Waals surface area contributed by atoms with E-state index in [0.29, 0.717) is 0 Å². The number of nitrogens with one attached hydrogen (secondary N) is 2. The Labute approximate surface area is 80.1 Å². The van der Waals surface area contributed by atoms with Gasteiger partial charge in [-0.25, -0.2) is 13.1 Å². The molecule has 0 aliphatic carbocycles. The van der Waals surface area contributed by atoms with Crippen LogP contribution in [0.25, 0.3) is 0 Å². The minimum Gasteiger partial charge on any atom is -0.316 e. The molecule has 1 fully saturated rings. The van der Waals surface area contributed by atoms with Crippen LogP contribution in [0.15, 0.2) is 0 Å². The van der Waals surface area contributed by atoms with Crippen LogP contribution in [0, 0.1) is 5.41 Å². The van der Waals surface area contributed by atoms with Gasteiger partial charge < -0.3 is 5.32 Å². The van der Waals surface area contributed by atoms with Gasteiger partial charge in [-0.2, -0.15) is 0 Å². The molecule has 0 bridgehead atoms. The third-order valence-corrected chi connectivity index (χ3v) is 3.20. The second-order valence-corrected chi connectivity index (χ2v) is 6.18. The van der Waals surface area contributed by atoms with Crippen molar-refractivity contribution in [2.75, 3.05) is 19.3 Å². The van der Waals surface area contributed by atoms with Crippen LogP contribution in [0.2, 0.25) is 0 Å². The van der Waals surface area contributed by atoms with Crippen molar-refractivity contribution in [1.29, 1.82) is 0 Å². The summed E-state index contributed by atoms with van der Waals surface area (Å²) in [5.74, 6) is 0. The average molecular weight is 206 g/mol. The maximum absolute atomic E-state index is 11.1. The molecule has 0 aromatic rings. The van der Waals surface area contributed by atoms with E-state index >= 15 is 0 Å². The third-order valence-electron chi connectivity index (χ3n) is 2.49. The van der Waals surface area contributed by atoms with E-state index in [1.165, 1.54) is 6.26 Å². The third kappa shape index (κ3) is 3.25. The van der Waals surface area contributed by atoms with E-state index in [4.69, 9.17) is 0 Å². The van der Waals surface area contributed by atoms with Crippen LogP contribution < -0.4 is 10.0 Å². The molecule has 1 heterocycles. The lowest BCUT2D eigenvalue weighted by Crippen LogP contribution is -2.54. The van der Waals surface area contributed by atoms with Crippen molar-refractivity contribution in [2.45, 2.75) is 26.3 Å². The molecule has 0 aromatic heterocycles. The summed E-state index contributed by atoms with van der Waals surface area (Å²) in [4.78, 5) is 0. The maximum Gasteiger partial charge on any atom is 0.208 e. The Bertz CT molecular complexity index is 272. The molecule has 1 atom stereocenters. The van der Waals surface area contributed by atoms with Crippen molar-refractivity contribution in [2.24, 2.45) is 5.41 Å². The standard InChI is InChI=1S/C8H18N2O2S/c1-8(2)6-9-5-4-7(8)10-13(3,11)12/h7,9-10H,4-6H2,1-3H3. The first kappa shape index (κ1) is 10.9. The van der Waals surface area contributed by atoms with Crippen LogP contribution in [0.4, 0.5) is 0 Å². The van der Waals surface area contributed by atoms with Crippen LogP contribution in [0.5, 0.6) is 0 Å². The number of rotatable bonds is 2. The lowest BCUT2D eigenvalue weighted by molar-refractivity contribution is 0.207. The molecule has 0 radical (unpaired) electrons. The highest BCUT2D eigenvalue weighted by Crippen LogP contribution is 2.25. The number of hydrogen-bond acceptors (Lipinski definition) is 3. The summed E-state index contributed by atoms with van der Waals surface area (Å²) in [5.41, 5.74) is 0.00132. The summed E-state index contributed by atoms with van der Waals surface area (Å²) in [6.07, 6.45) is 2.07. The Kier molecular flexibility index (Phi) is 2.99. The molecule has 5 heteroatoms. The van der Waals surface area contributed by atoms with E-state index in [-0.39, 0.29) is 11.5 Å². The second-order valence-electron chi connectivity index (χ2n) is 4.40. The minimum atomic E-state index is -3.07. The average Bonchev–Trinajstić information content (AvgIpc) is 1.91. The fourth-order valence-electron chi connectivity index (χ4n) is 1.65. The quantitative estimate of drug-likeness (QED) is 0.664. The first-order valence-electron chi connectivity index (χ1n) is 4.49. The van der Waals surface area contributed by atoms with Crippen molar-refractivity contribution in [3.05, 3.63) is 0 Å². The van der Waals surface area contributed by atoms with Crippen LogP contribution in [0.1, 0.15) is 20.3 Å². The summed E-state index contributed by atoms with van der Waals surface area (Å²) in [6, 6.07) is 0.0590. The van der Waals surface area contributed by atoms with Gasteiger partial charge >= 0.3 is 0 Å². The second kappa shape index (κ2) is 3.55. The van der Waals surface area contributed by atoms with Gasteiger partial charge in [-0.15, -0.1) is 0 Å². The highest BCUT2D eigenvalue weighted by molar-refractivity contribution is 7.88. The Hall–Kier alpha value is -0.130. The summed E-state index contributed by atoms with van der Waals surface area (Å²) in [5, 5.41) is 3.26. The van der Waals surface area contributed by atoms with E-state index in [1.807, 2.05) is 0 Å². The lowest BCUT2D eigenvalue weighted by atomic mass is 9.81. The van der Waals surface area contributed by atoms with Gasteiger partial charge in [0.15, 0.2) is 0 Å². The van der Waals surface area contributed by atoms with E-state index < -0.39 is 10.0 Å². The summed E-state index contributed by atoms with van der Waals surface area (Å²) >= 11 is 0. The van der Waals surface area contributed by atoms with Crippen LogP contribution in [-0.2, 0) is 10.0 Å². The Morgan fingerprint density at radius 2 is 2.08 bits per heavy atom. The van der Waals surface area contributed by atoms with Gasteiger partial charge in [0, 0.05) is 12.6 Å². The molecule has 1 unspecified atom stereocenters. The Balaban J connectivity index is 2.67. The van der Waals surface area contributed by atoms with Crippen molar-refractivity contribution in [1.82, 2.24) is 10.0 Å². The predicted octanol–water partition coefficient (Wildman–Crippen LogP) is -0.0763. The van der Waals surface area contributed by atoms with Gasteiger partial charge in [0.2, 0.25) is 10.0 Å². The zero-order chi connectivity index (χ0) is 10.1. The van der Waals surface area contributed by atoms with E-state index in [2.05, 4.69) is 23.9 Å². The fourth-order valence-corrected chi connectivity index (χ4v) is 2.60. The molecular formula is C8H18N2O2S. The zero-order valence-corrected chi connectivity index (χ0v) is 9.24. The molecule has 1 rings (SSSR count). The molecule has 1 saturated heterocycles. The highest BCUT2D eigenvalue weighted by Gasteiger charge is 2.33. The monoisotopic (exact) mass is 206 g/mol. The maximum atomic E-state index is 11.1. The van der Waals surface area contributed by atoms with E-state index in [9.17, 15) is 8.42 Å². The number of piperidine rings is 1. The molecule has 0 saturated carbocycles. The molecule has 0 spiro atoms. The fraction of sp³-hybridized carbons (Fsp3) is 1.00. The van der Waals surface area contributed by atoms with Gasteiger partial charge in [0.25, 0.3) is 0 Å². The normalized spacial score (nSPS) is 28.7. The molecule has 13 heavy (non-hydrogen) atoms. The lowest BCUT2D eigenvalue weighted by Gasteiger charge is -2.38. The minimum absolute atomic E-state index is 0.00132. The first-order chi connectivity index (χ1) is 5.81. The van der Waals surface area contributed by atoms with Gasteiger partial charge in [0.05, 0.1) is 6.26 Å². The van der Waals surface area contributed by atoms with Crippen LogP contribution in [0.3, 0.4) is 0 Å². The topological polar surface area (TPSA) is 58.2 Å². The number of sulfonamides is 1. The highest BCUT2D eigenvalue weighted by atomic mass is 32.2. The molecule has 0 aromatic carbocycles. The van der Waals surface area contributed by atoms with Crippen LogP contribution in [-0.4, -0.2) is 33.8 Å². The molecule has 78 valence electrons. The van der Waals surface area contributed by atoms with Crippen molar-refractivity contribution in [3.63, 3.8) is 0 Å². The van der Waals surface area contributed by atoms with Gasteiger partial charge in [0.1, 0.15) is 0 Å². The molecule has 1 aliphatic rings. The molecule has 0 amide bonds. The van der Waals surface area contributed by atoms with Gasteiger partial charge in [-0.1, -0.05) is 13.8 Å². The Morgan fingerprint density at radius 3 is 2.54 bits per heavy atom. The van der Waals surface area contributed by atoms with E-state index in [1.54, 1.807) is 0 Å². The van der Waals surface area contributed by atoms with Crippen molar-refractivity contribution >= 4 is 10.0 Å². The molecular weight excluding hydrogens is 188 g/mol. The number of hydrogen-bond donors (Lipinski definition) is 2. The van der Waals surface area contributed by atoms with E-state index in [0.717, 1.165) is 19.5 Å². The summed E-state index contributed by atoms with van der Waals surface area (Å²) in [7, 11) is -3.07. The SMILES string of the molecule is CC1(C)CNCCC1NS(C)(=O)=O. The van der Waals surface area contributed by atoms with Gasteiger partial charge in [-0.05, 0) is 18.4 Å². The van der Waals surface area contributed by atoms with Crippen LogP contribution >= 0.6 is 0 Å². The predicted molar refractivity (Wildman–Crippen MR) is 53.0 cm³/mol. The molecule has 2 N–H and O–H groups in total.